The maximum absolute atomic E-state index is 11.7. The molecule has 0 aromatic heterocycles. The minimum atomic E-state index is -0.515. The maximum Gasteiger partial charge on any atom is 0.224 e. The van der Waals surface area contributed by atoms with E-state index in [1.807, 2.05) is 4.90 Å². The summed E-state index contributed by atoms with van der Waals surface area (Å²) >= 11 is 0. The molecule has 17 heavy (non-hydrogen) atoms. The molecule has 0 saturated carbocycles. The van der Waals surface area contributed by atoms with E-state index in [1.54, 1.807) is 7.11 Å². The molecule has 1 fully saturated rings. The third-order valence-electron chi connectivity index (χ3n) is 2.62. The zero-order valence-corrected chi connectivity index (χ0v) is 10.4. The van der Waals surface area contributed by atoms with Crippen molar-refractivity contribution in [3.05, 3.63) is 0 Å². The molecule has 0 spiro atoms. The van der Waals surface area contributed by atoms with Gasteiger partial charge in [-0.2, -0.15) is 0 Å². The predicted octanol–water partition coefficient (Wildman–Crippen LogP) is -1.17. The van der Waals surface area contributed by atoms with Crippen LogP contribution in [0.2, 0.25) is 0 Å². The zero-order chi connectivity index (χ0) is 12.5. The summed E-state index contributed by atoms with van der Waals surface area (Å²) < 4.78 is 9.98. The van der Waals surface area contributed by atoms with Gasteiger partial charge in [0.25, 0.3) is 0 Å². The first kappa shape index (κ1) is 14.4. The SMILES string of the molecule is COCC(O)CNCCC(=O)N1CCOCC1. The molecular formula is C11H22N2O4. The van der Waals surface area contributed by atoms with Gasteiger partial charge in [-0.3, -0.25) is 4.79 Å². The largest absolute Gasteiger partial charge is 0.389 e. The van der Waals surface area contributed by atoms with E-state index in [-0.39, 0.29) is 5.91 Å². The number of carbonyl (C=O) groups is 1. The normalized spacial score (nSPS) is 18.1. The number of carbonyl (C=O) groups excluding carboxylic acids is 1. The summed E-state index contributed by atoms with van der Waals surface area (Å²) in [6.07, 6.45) is -0.0573. The molecule has 0 aromatic rings. The van der Waals surface area contributed by atoms with Crippen LogP contribution in [0.4, 0.5) is 0 Å². The van der Waals surface area contributed by atoms with Crippen LogP contribution >= 0.6 is 0 Å². The third kappa shape index (κ3) is 5.97. The van der Waals surface area contributed by atoms with Crippen LogP contribution in [0.3, 0.4) is 0 Å². The Labute approximate surface area is 102 Å². The Morgan fingerprint density at radius 2 is 2.24 bits per heavy atom. The lowest BCUT2D eigenvalue weighted by Crippen LogP contribution is -2.42. The number of hydrogen-bond acceptors (Lipinski definition) is 5. The van der Waals surface area contributed by atoms with Gasteiger partial charge in [0.2, 0.25) is 5.91 Å². The molecule has 0 radical (unpaired) electrons. The second-order valence-electron chi connectivity index (χ2n) is 4.06. The summed E-state index contributed by atoms with van der Waals surface area (Å²) in [6.45, 7) is 3.97. The molecule has 1 amide bonds. The van der Waals surface area contributed by atoms with Gasteiger partial charge in [0.15, 0.2) is 0 Å². The Bertz CT molecular complexity index is 220. The first-order valence-electron chi connectivity index (χ1n) is 5.97. The molecular weight excluding hydrogens is 224 g/mol. The number of nitrogens with zero attached hydrogens (tertiary/aromatic N) is 1. The molecule has 1 atom stereocenters. The lowest BCUT2D eigenvalue weighted by Gasteiger charge is -2.26. The number of methoxy groups -OCH3 is 1. The first-order chi connectivity index (χ1) is 8.24. The number of amides is 1. The van der Waals surface area contributed by atoms with Crippen LogP contribution in [0.25, 0.3) is 0 Å². The Hall–Kier alpha value is -0.690. The van der Waals surface area contributed by atoms with Gasteiger partial charge in [-0.15, -0.1) is 0 Å². The Kier molecular flexibility index (Phi) is 7.11. The average molecular weight is 246 g/mol. The molecule has 6 nitrogen and oxygen atoms in total. The van der Waals surface area contributed by atoms with Gasteiger partial charge in [0, 0.05) is 39.7 Å². The molecule has 0 bridgehead atoms. The predicted molar refractivity (Wildman–Crippen MR) is 62.8 cm³/mol. The number of rotatable bonds is 7. The van der Waals surface area contributed by atoms with E-state index in [0.717, 1.165) is 0 Å². The van der Waals surface area contributed by atoms with Crippen LogP contribution in [0, 0.1) is 0 Å². The number of aliphatic hydroxyl groups is 1. The van der Waals surface area contributed by atoms with Crippen molar-refractivity contribution in [2.45, 2.75) is 12.5 Å². The lowest BCUT2D eigenvalue weighted by atomic mass is 10.3. The zero-order valence-electron chi connectivity index (χ0n) is 10.4. The summed E-state index contributed by atoms with van der Waals surface area (Å²) in [7, 11) is 1.55. The molecule has 1 rings (SSSR count). The molecule has 1 saturated heterocycles. The van der Waals surface area contributed by atoms with E-state index < -0.39 is 6.10 Å². The van der Waals surface area contributed by atoms with Crippen molar-refractivity contribution in [2.24, 2.45) is 0 Å². The number of morpholine rings is 1. The van der Waals surface area contributed by atoms with Crippen molar-refractivity contribution >= 4 is 5.91 Å². The van der Waals surface area contributed by atoms with E-state index in [2.05, 4.69) is 5.32 Å². The highest BCUT2D eigenvalue weighted by Crippen LogP contribution is 1.99. The first-order valence-corrected chi connectivity index (χ1v) is 5.97. The summed E-state index contributed by atoms with van der Waals surface area (Å²) in [4.78, 5) is 13.5. The summed E-state index contributed by atoms with van der Waals surface area (Å²) in [5.74, 6) is 0.141. The van der Waals surface area contributed by atoms with Gasteiger partial charge >= 0.3 is 0 Å². The van der Waals surface area contributed by atoms with Gasteiger partial charge in [0.1, 0.15) is 0 Å². The van der Waals surface area contributed by atoms with Crippen LogP contribution in [-0.2, 0) is 14.3 Å². The Morgan fingerprint density at radius 1 is 1.53 bits per heavy atom. The highest BCUT2D eigenvalue weighted by molar-refractivity contribution is 5.76. The molecule has 1 heterocycles. The second-order valence-corrected chi connectivity index (χ2v) is 4.06. The van der Waals surface area contributed by atoms with E-state index in [4.69, 9.17) is 9.47 Å². The standard InChI is InChI=1S/C11H22N2O4/c1-16-9-10(14)8-12-3-2-11(15)13-4-6-17-7-5-13/h10,12,14H,2-9H2,1H3. The molecule has 6 heteroatoms. The fourth-order valence-corrected chi connectivity index (χ4v) is 1.69. The minimum Gasteiger partial charge on any atom is -0.389 e. The summed E-state index contributed by atoms with van der Waals surface area (Å²) in [6, 6.07) is 0. The summed E-state index contributed by atoms with van der Waals surface area (Å²) in [5, 5.41) is 12.4. The van der Waals surface area contributed by atoms with Crippen molar-refractivity contribution in [3.63, 3.8) is 0 Å². The van der Waals surface area contributed by atoms with Crippen molar-refractivity contribution in [1.29, 1.82) is 0 Å². The lowest BCUT2D eigenvalue weighted by molar-refractivity contribution is -0.135. The van der Waals surface area contributed by atoms with Crippen molar-refractivity contribution in [1.82, 2.24) is 10.2 Å². The highest BCUT2D eigenvalue weighted by Gasteiger charge is 2.15. The minimum absolute atomic E-state index is 0.141. The molecule has 1 unspecified atom stereocenters. The number of aliphatic hydroxyl groups excluding tert-OH is 1. The molecule has 0 aliphatic carbocycles. The van der Waals surface area contributed by atoms with Gasteiger partial charge in [0.05, 0.1) is 25.9 Å². The number of nitrogens with one attached hydrogen (secondary N) is 1. The van der Waals surface area contributed by atoms with Crippen LogP contribution in [0.15, 0.2) is 0 Å². The van der Waals surface area contributed by atoms with E-state index in [1.165, 1.54) is 0 Å². The van der Waals surface area contributed by atoms with Crippen LogP contribution in [-0.4, -0.2) is 75.1 Å². The van der Waals surface area contributed by atoms with E-state index in [9.17, 15) is 9.90 Å². The third-order valence-corrected chi connectivity index (χ3v) is 2.62. The van der Waals surface area contributed by atoms with Crippen molar-refractivity contribution in [3.8, 4) is 0 Å². The second kappa shape index (κ2) is 8.41. The van der Waals surface area contributed by atoms with Gasteiger partial charge in [-0.1, -0.05) is 0 Å². The molecule has 1 aliphatic heterocycles. The average Bonchev–Trinajstić information content (AvgIpc) is 2.36. The van der Waals surface area contributed by atoms with Crippen molar-refractivity contribution < 1.29 is 19.4 Å². The molecule has 100 valence electrons. The molecule has 1 aliphatic rings. The maximum atomic E-state index is 11.7. The molecule has 0 aromatic carbocycles. The number of hydrogen-bond donors (Lipinski definition) is 2. The molecule has 2 N–H and O–H groups in total. The van der Waals surface area contributed by atoms with Gasteiger partial charge < -0.3 is 24.8 Å². The van der Waals surface area contributed by atoms with E-state index >= 15 is 0 Å². The van der Waals surface area contributed by atoms with Crippen LogP contribution < -0.4 is 5.32 Å². The van der Waals surface area contributed by atoms with Crippen molar-refractivity contribution in [2.75, 3.05) is 53.1 Å². The monoisotopic (exact) mass is 246 g/mol. The summed E-state index contributed by atoms with van der Waals surface area (Å²) in [5.41, 5.74) is 0. The fourth-order valence-electron chi connectivity index (χ4n) is 1.69. The Balaban J connectivity index is 2.03. The van der Waals surface area contributed by atoms with Crippen LogP contribution in [0.1, 0.15) is 6.42 Å². The quantitative estimate of drug-likeness (QED) is 0.554. The highest BCUT2D eigenvalue weighted by atomic mass is 16.5. The van der Waals surface area contributed by atoms with Gasteiger partial charge in [-0.05, 0) is 0 Å². The smallest absolute Gasteiger partial charge is 0.224 e. The fraction of sp³-hybridized carbons (Fsp3) is 0.909. The number of ether oxygens (including phenoxy) is 2. The van der Waals surface area contributed by atoms with E-state index in [0.29, 0.717) is 52.4 Å². The van der Waals surface area contributed by atoms with Crippen LogP contribution in [0.5, 0.6) is 0 Å². The van der Waals surface area contributed by atoms with Gasteiger partial charge in [-0.25, -0.2) is 0 Å². The Morgan fingerprint density at radius 3 is 2.88 bits per heavy atom. The topological polar surface area (TPSA) is 71.0 Å².